The van der Waals surface area contributed by atoms with E-state index in [9.17, 15) is 18.0 Å². The van der Waals surface area contributed by atoms with Gasteiger partial charge in [-0.05, 0) is 64.5 Å². The van der Waals surface area contributed by atoms with Crippen molar-refractivity contribution in [2.45, 2.75) is 64.8 Å². The molecule has 0 radical (unpaired) electrons. The molecule has 0 saturated carbocycles. The topological polar surface area (TPSA) is 54.5 Å². The smallest absolute Gasteiger partial charge is 0.417 e. The number of rotatable bonds is 4. The number of likely N-dealkylation sites (tertiary alicyclic amines) is 1. The Bertz CT molecular complexity index is 986. The molecule has 32 heavy (non-hydrogen) atoms. The minimum absolute atomic E-state index is 0.0148. The van der Waals surface area contributed by atoms with Gasteiger partial charge < -0.3 is 15.0 Å². The number of hydrogen-bond donors (Lipinski definition) is 1. The van der Waals surface area contributed by atoms with E-state index in [0.29, 0.717) is 30.7 Å². The quantitative estimate of drug-likeness (QED) is 0.549. The number of alkyl halides is 3. The second-order valence-electron chi connectivity index (χ2n) is 9.17. The number of nitrogens with one attached hydrogen (secondary N) is 1. The maximum absolute atomic E-state index is 13.3. The van der Waals surface area contributed by atoms with Crippen molar-refractivity contribution >= 4 is 22.7 Å². The van der Waals surface area contributed by atoms with E-state index in [-0.39, 0.29) is 17.5 Å². The van der Waals surface area contributed by atoms with Gasteiger partial charge in [-0.25, -0.2) is 9.78 Å². The number of benzene rings is 1. The van der Waals surface area contributed by atoms with Crippen LogP contribution < -0.4 is 5.32 Å². The zero-order valence-corrected chi connectivity index (χ0v) is 18.9. The van der Waals surface area contributed by atoms with E-state index in [2.05, 4.69) is 16.4 Å². The van der Waals surface area contributed by atoms with Gasteiger partial charge in [0.25, 0.3) is 0 Å². The van der Waals surface area contributed by atoms with Crippen LogP contribution in [-0.2, 0) is 10.9 Å². The molecule has 2 heterocycles. The highest BCUT2D eigenvalue weighted by Gasteiger charge is 2.32. The number of ether oxygens (including phenoxy) is 1. The third kappa shape index (κ3) is 6.14. The molecule has 1 aromatic heterocycles. The summed E-state index contributed by atoms with van der Waals surface area (Å²) < 4.78 is 45.4. The van der Waals surface area contributed by atoms with E-state index >= 15 is 0 Å². The maximum Gasteiger partial charge on any atom is 0.417 e. The average Bonchev–Trinajstić information content (AvgIpc) is 2.70. The molecule has 5 nitrogen and oxygen atoms in total. The van der Waals surface area contributed by atoms with Crippen molar-refractivity contribution in [1.82, 2.24) is 9.88 Å². The second-order valence-corrected chi connectivity index (χ2v) is 9.17. The number of fused-ring (bicyclic) bond motifs is 1. The molecule has 1 aliphatic rings. The number of hydrogen-bond acceptors (Lipinski definition) is 4. The molecular weight excluding hydrogens is 419 g/mol. The molecule has 0 spiro atoms. The highest BCUT2D eigenvalue weighted by molar-refractivity contribution is 5.94. The third-order valence-corrected chi connectivity index (χ3v) is 5.31. The van der Waals surface area contributed by atoms with Crippen molar-refractivity contribution < 1.29 is 22.7 Å². The van der Waals surface area contributed by atoms with E-state index in [1.54, 1.807) is 11.0 Å². The van der Waals surface area contributed by atoms with E-state index in [4.69, 9.17) is 4.74 Å². The lowest BCUT2D eigenvalue weighted by Crippen LogP contribution is -2.40. The maximum atomic E-state index is 13.3. The number of pyridine rings is 1. The number of piperidine rings is 1. The first-order valence-electron chi connectivity index (χ1n) is 10.8. The molecule has 0 unspecified atom stereocenters. The van der Waals surface area contributed by atoms with Crippen LogP contribution in [0.25, 0.3) is 10.8 Å². The van der Waals surface area contributed by atoms with Crippen molar-refractivity contribution in [3.63, 3.8) is 0 Å². The minimum atomic E-state index is -4.41. The molecule has 1 atom stereocenters. The second kappa shape index (κ2) is 9.38. The molecule has 0 aliphatic carbocycles. The molecule has 174 valence electrons. The molecular formula is C24H30F3N3O2. The SMILES string of the molecule is C[C@@H](CC=C1CCN(C(=O)OC(C)(C)C)CC1)Nc1nccc2c(C(F)(F)F)cccc12. The summed E-state index contributed by atoms with van der Waals surface area (Å²) >= 11 is 0. The van der Waals surface area contributed by atoms with Crippen molar-refractivity contribution in [2.24, 2.45) is 0 Å². The van der Waals surface area contributed by atoms with Crippen LogP contribution in [0.15, 0.2) is 42.1 Å². The number of carbonyl (C=O) groups is 1. The summed E-state index contributed by atoms with van der Waals surface area (Å²) in [5, 5.41) is 3.84. The van der Waals surface area contributed by atoms with Gasteiger partial charge in [-0.15, -0.1) is 0 Å². The van der Waals surface area contributed by atoms with Gasteiger partial charge >= 0.3 is 12.3 Å². The Hall–Kier alpha value is -2.77. The predicted octanol–water partition coefficient (Wildman–Crippen LogP) is 6.40. The molecule has 1 aromatic carbocycles. The van der Waals surface area contributed by atoms with Crippen molar-refractivity contribution in [1.29, 1.82) is 0 Å². The van der Waals surface area contributed by atoms with Crippen molar-refractivity contribution in [3.8, 4) is 0 Å². The molecule has 0 bridgehead atoms. The Labute approximate surface area is 186 Å². The summed E-state index contributed by atoms with van der Waals surface area (Å²) in [5.41, 5.74) is 0.0980. The molecule has 3 rings (SSSR count). The summed E-state index contributed by atoms with van der Waals surface area (Å²) in [6.45, 7) is 8.76. The minimum Gasteiger partial charge on any atom is -0.444 e. The Morgan fingerprint density at radius 3 is 2.50 bits per heavy atom. The number of amides is 1. The van der Waals surface area contributed by atoms with E-state index in [1.165, 1.54) is 23.9 Å². The van der Waals surface area contributed by atoms with Gasteiger partial charge in [0, 0.05) is 30.7 Å². The van der Waals surface area contributed by atoms with Crippen LogP contribution in [-0.4, -0.2) is 40.7 Å². The number of nitrogens with zero attached hydrogens (tertiary/aromatic N) is 2. The van der Waals surface area contributed by atoms with Crippen LogP contribution in [0.3, 0.4) is 0 Å². The molecule has 2 aromatic rings. The Morgan fingerprint density at radius 2 is 1.88 bits per heavy atom. The van der Waals surface area contributed by atoms with E-state index in [1.807, 2.05) is 27.7 Å². The first-order valence-corrected chi connectivity index (χ1v) is 10.8. The van der Waals surface area contributed by atoms with Gasteiger partial charge in [0.1, 0.15) is 11.4 Å². The molecule has 1 aliphatic heterocycles. The summed E-state index contributed by atoms with van der Waals surface area (Å²) in [6, 6.07) is 5.53. The van der Waals surface area contributed by atoms with Crippen LogP contribution >= 0.6 is 0 Å². The van der Waals surface area contributed by atoms with Gasteiger partial charge in [-0.1, -0.05) is 23.8 Å². The first kappa shape index (κ1) is 23.9. The van der Waals surface area contributed by atoms with Gasteiger partial charge in [0.2, 0.25) is 0 Å². The Balaban J connectivity index is 1.60. The van der Waals surface area contributed by atoms with E-state index in [0.717, 1.165) is 18.9 Å². The lowest BCUT2D eigenvalue weighted by Gasteiger charge is -2.31. The highest BCUT2D eigenvalue weighted by Crippen LogP contribution is 2.36. The molecule has 1 saturated heterocycles. The highest BCUT2D eigenvalue weighted by atomic mass is 19.4. The largest absolute Gasteiger partial charge is 0.444 e. The zero-order chi connectivity index (χ0) is 23.5. The fourth-order valence-electron chi connectivity index (χ4n) is 3.71. The average molecular weight is 450 g/mol. The number of anilines is 1. The van der Waals surface area contributed by atoms with Crippen LogP contribution in [0.2, 0.25) is 0 Å². The standard InChI is InChI=1S/C24H30F3N3O2/c1-16(8-9-17-11-14-30(15-12-17)22(31)32-23(2,3)4)29-21-19-6-5-7-20(24(25,26)27)18(19)10-13-28-21/h5-7,9-10,13,16H,8,11-12,14-15H2,1-4H3,(H,28,29)/t16-/m0/s1. The fourth-order valence-corrected chi connectivity index (χ4v) is 3.71. The van der Waals surface area contributed by atoms with Crippen molar-refractivity contribution in [2.75, 3.05) is 18.4 Å². The van der Waals surface area contributed by atoms with Crippen LogP contribution in [0.1, 0.15) is 52.5 Å². The van der Waals surface area contributed by atoms with Crippen molar-refractivity contribution in [3.05, 3.63) is 47.7 Å². The van der Waals surface area contributed by atoms with Gasteiger partial charge in [-0.3, -0.25) is 0 Å². The molecule has 1 N–H and O–H groups in total. The third-order valence-electron chi connectivity index (χ3n) is 5.31. The van der Waals surface area contributed by atoms with Gasteiger partial charge in [-0.2, -0.15) is 13.2 Å². The Kier molecular flexibility index (Phi) is 7.00. The zero-order valence-electron chi connectivity index (χ0n) is 18.9. The van der Waals surface area contributed by atoms with Gasteiger partial charge in [0.05, 0.1) is 5.56 Å². The predicted molar refractivity (Wildman–Crippen MR) is 120 cm³/mol. The molecule has 1 fully saturated rings. The van der Waals surface area contributed by atoms with E-state index < -0.39 is 17.3 Å². The summed E-state index contributed by atoms with van der Waals surface area (Å²) in [7, 11) is 0. The molecule has 1 amide bonds. The van der Waals surface area contributed by atoms with Crippen LogP contribution in [0, 0.1) is 0 Å². The monoisotopic (exact) mass is 449 g/mol. The summed E-state index contributed by atoms with van der Waals surface area (Å²) in [5.74, 6) is 0.444. The van der Waals surface area contributed by atoms with Crippen LogP contribution in [0.4, 0.5) is 23.8 Å². The Morgan fingerprint density at radius 1 is 1.19 bits per heavy atom. The lowest BCUT2D eigenvalue weighted by atomic mass is 10.0. The lowest BCUT2D eigenvalue weighted by molar-refractivity contribution is -0.136. The number of aromatic nitrogens is 1. The number of halogens is 3. The first-order chi connectivity index (χ1) is 14.9. The number of carbonyl (C=O) groups excluding carboxylic acids is 1. The summed E-state index contributed by atoms with van der Waals surface area (Å²) in [6.07, 6.45) is 1.13. The molecule has 8 heteroatoms. The summed E-state index contributed by atoms with van der Waals surface area (Å²) in [4.78, 5) is 18.2. The van der Waals surface area contributed by atoms with Gasteiger partial charge in [0.15, 0.2) is 0 Å². The fraction of sp³-hybridized carbons (Fsp3) is 0.500. The normalized spacial score (nSPS) is 16.1. The van der Waals surface area contributed by atoms with Crippen LogP contribution in [0.5, 0.6) is 0 Å².